The van der Waals surface area contributed by atoms with Gasteiger partial charge in [-0.2, -0.15) is 13.2 Å². The van der Waals surface area contributed by atoms with Crippen molar-refractivity contribution in [3.05, 3.63) is 33.3 Å². The van der Waals surface area contributed by atoms with Crippen molar-refractivity contribution in [3.8, 4) is 0 Å². The summed E-state index contributed by atoms with van der Waals surface area (Å²) >= 11 is 12.5. The number of hydrogen-bond acceptors (Lipinski definition) is 6. The van der Waals surface area contributed by atoms with Crippen molar-refractivity contribution >= 4 is 51.3 Å². The van der Waals surface area contributed by atoms with Crippen LogP contribution >= 0.6 is 34.5 Å². The first-order valence-electron chi connectivity index (χ1n) is 8.31. The molecule has 1 aromatic carbocycles. The van der Waals surface area contributed by atoms with Gasteiger partial charge in [0.05, 0.1) is 10.7 Å². The molecule has 1 aliphatic rings. The van der Waals surface area contributed by atoms with Crippen LogP contribution in [-0.2, 0) is 11.0 Å². The van der Waals surface area contributed by atoms with Crippen molar-refractivity contribution in [3.63, 3.8) is 0 Å². The van der Waals surface area contributed by atoms with Gasteiger partial charge in [0.25, 0.3) is 0 Å². The topological polar surface area (TPSA) is 61.4 Å². The Hall–Kier alpha value is -1.78. The van der Waals surface area contributed by atoms with Crippen molar-refractivity contribution < 1.29 is 18.0 Å². The Morgan fingerprint density at radius 2 is 1.89 bits per heavy atom. The van der Waals surface area contributed by atoms with Crippen molar-refractivity contribution in [2.45, 2.75) is 19.1 Å². The van der Waals surface area contributed by atoms with E-state index < -0.39 is 17.2 Å². The fourth-order valence-electron chi connectivity index (χ4n) is 2.75. The summed E-state index contributed by atoms with van der Waals surface area (Å²) in [5.41, 5.74) is 0.596. The number of anilines is 2. The maximum absolute atomic E-state index is 12.7. The Bertz CT molecular complexity index is 855. The number of piperazine rings is 1. The highest BCUT2D eigenvalue weighted by molar-refractivity contribution is 7.15. The lowest BCUT2D eigenvalue weighted by atomic mass is 10.2. The van der Waals surface area contributed by atoms with E-state index in [9.17, 15) is 18.0 Å². The largest absolute Gasteiger partial charge is 0.445 e. The fraction of sp³-hybridized carbons (Fsp3) is 0.438. The fourth-order valence-corrected chi connectivity index (χ4v) is 3.98. The zero-order chi connectivity index (χ0) is 20.5. The average Bonchev–Trinajstić information content (AvgIpc) is 3.14. The Labute approximate surface area is 173 Å². The molecule has 0 bridgehead atoms. The Balaban J connectivity index is 1.56. The van der Waals surface area contributed by atoms with E-state index in [1.165, 1.54) is 0 Å². The number of nitrogens with zero attached hydrogens (tertiary/aromatic N) is 4. The van der Waals surface area contributed by atoms with Crippen LogP contribution in [0, 0.1) is 0 Å². The van der Waals surface area contributed by atoms with Gasteiger partial charge in [-0.05, 0) is 25.1 Å². The number of carbonyl (C=O) groups excluding carboxylic acids is 1. The molecule has 0 spiro atoms. The number of halogens is 5. The van der Waals surface area contributed by atoms with Crippen LogP contribution in [0.3, 0.4) is 0 Å². The van der Waals surface area contributed by atoms with Gasteiger partial charge in [0, 0.05) is 31.2 Å². The molecule has 1 amide bonds. The number of benzene rings is 1. The van der Waals surface area contributed by atoms with Gasteiger partial charge in [0.1, 0.15) is 6.04 Å². The maximum atomic E-state index is 12.7. The van der Waals surface area contributed by atoms with Crippen molar-refractivity contribution in [1.82, 2.24) is 15.1 Å². The first-order chi connectivity index (χ1) is 13.1. The molecule has 0 saturated carbocycles. The van der Waals surface area contributed by atoms with Gasteiger partial charge in [0.2, 0.25) is 16.0 Å². The van der Waals surface area contributed by atoms with Crippen molar-refractivity contribution in [2.75, 3.05) is 36.4 Å². The predicted octanol–water partition coefficient (Wildman–Crippen LogP) is 4.01. The molecule has 0 radical (unpaired) electrons. The summed E-state index contributed by atoms with van der Waals surface area (Å²) in [6.45, 7) is 3.24. The lowest BCUT2D eigenvalue weighted by Crippen LogP contribution is -2.52. The summed E-state index contributed by atoms with van der Waals surface area (Å²) in [5.74, 6) is -0.126. The minimum Gasteiger partial charge on any atom is -0.373 e. The molecule has 1 saturated heterocycles. The number of amides is 1. The summed E-state index contributed by atoms with van der Waals surface area (Å²) in [6.07, 6.45) is -4.50. The summed E-state index contributed by atoms with van der Waals surface area (Å²) in [7, 11) is 0. The quantitative estimate of drug-likeness (QED) is 0.757. The number of nitrogens with one attached hydrogen (secondary N) is 1. The van der Waals surface area contributed by atoms with E-state index >= 15 is 0 Å². The molecule has 152 valence electrons. The molecule has 28 heavy (non-hydrogen) atoms. The van der Waals surface area contributed by atoms with E-state index in [1.54, 1.807) is 34.9 Å². The first-order valence-corrected chi connectivity index (χ1v) is 9.88. The van der Waals surface area contributed by atoms with Crippen LogP contribution < -0.4 is 10.2 Å². The molecule has 1 aliphatic heterocycles. The van der Waals surface area contributed by atoms with Gasteiger partial charge in [0.15, 0.2) is 0 Å². The van der Waals surface area contributed by atoms with E-state index in [0.717, 1.165) is 0 Å². The predicted molar refractivity (Wildman–Crippen MR) is 103 cm³/mol. The van der Waals surface area contributed by atoms with E-state index in [2.05, 4.69) is 15.5 Å². The molecule has 1 fully saturated rings. The Morgan fingerprint density at radius 1 is 1.21 bits per heavy atom. The SMILES string of the molecule is CC(Nc1ccc(Cl)cc1Cl)C(=O)N1CCN(c2nnc(C(F)(F)F)s2)CC1. The minimum absolute atomic E-state index is 0.126. The molecule has 1 N–H and O–H groups in total. The van der Waals surface area contributed by atoms with Crippen molar-refractivity contribution in [1.29, 1.82) is 0 Å². The monoisotopic (exact) mass is 453 g/mol. The molecule has 2 aromatic rings. The molecule has 1 aromatic heterocycles. The van der Waals surface area contributed by atoms with Crippen LogP contribution in [0.15, 0.2) is 18.2 Å². The summed E-state index contributed by atoms with van der Waals surface area (Å²) in [4.78, 5) is 16.0. The number of hydrogen-bond donors (Lipinski definition) is 1. The molecule has 6 nitrogen and oxygen atoms in total. The minimum atomic E-state index is -4.50. The number of alkyl halides is 3. The standard InChI is InChI=1S/C16H16Cl2F3N5OS/c1-9(22-12-3-2-10(17)8-11(12)18)13(27)25-4-6-26(7-5-25)15-24-23-14(28-15)16(19,20)21/h2-3,8-9,22H,4-7H2,1H3. The molecule has 1 unspecified atom stereocenters. The van der Waals surface area contributed by atoms with Crippen LogP contribution in [0.25, 0.3) is 0 Å². The van der Waals surface area contributed by atoms with Crippen LogP contribution in [0.2, 0.25) is 10.0 Å². The zero-order valence-electron chi connectivity index (χ0n) is 14.6. The van der Waals surface area contributed by atoms with E-state index in [0.29, 0.717) is 53.2 Å². The van der Waals surface area contributed by atoms with Crippen LogP contribution in [0.5, 0.6) is 0 Å². The lowest BCUT2D eigenvalue weighted by molar-refractivity contribution is -0.138. The number of carbonyl (C=O) groups is 1. The van der Waals surface area contributed by atoms with Gasteiger partial charge >= 0.3 is 6.18 Å². The van der Waals surface area contributed by atoms with Gasteiger partial charge in [-0.1, -0.05) is 34.5 Å². The Morgan fingerprint density at radius 3 is 2.46 bits per heavy atom. The molecule has 3 rings (SSSR count). The highest BCUT2D eigenvalue weighted by Gasteiger charge is 2.36. The third-order valence-electron chi connectivity index (χ3n) is 4.19. The highest BCUT2D eigenvalue weighted by atomic mass is 35.5. The second-order valence-electron chi connectivity index (χ2n) is 6.19. The number of aromatic nitrogens is 2. The van der Waals surface area contributed by atoms with E-state index in [4.69, 9.17) is 23.2 Å². The van der Waals surface area contributed by atoms with Gasteiger partial charge in [-0.15, -0.1) is 10.2 Å². The zero-order valence-corrected chi connectivity index (χ0v) is 17.0. The van der Waals surface area contributed by atoms with E-state index in [1.807, 2.05) is 0 Å². The lowest BCUT2D eigenvalue weighted by Gasteiger charge is -2.35. The molecule has 1 atom stereocenters. The normalized spacial score (nSPS) is 16.2. The van der Waals surface area contributed by atoms with Crippen molar-refractivity contribution in [2.24, 2.45) is 0 Å². The third kappa shape index (κ3) is 4.79. The summed E-state index contributed by atoms with van der Waals surface area (Å²) in [6, 6.07) is 4.42. The molecular weight excluding hydrogens is 438 g/mol. The van der Waals surface area contributed by atoms with Crippen LogP contribution in [-0.4, -0.2) is 53.2 Å². The maximum Gasteiger partial charge on any atom is 0.445 e. The smallest absolute Gasteiger partial charge is 0.373 e. The van der Waals surface area contributed by atoms with Gasteiger partial charge in [-0.25, -0.2) is 0 Å². The van der Waals surface area contributed by atoms with Crippen LogP contribution in [0.1, 0.15) is 11.9 Å². The summed E-state index contributed by atoms with van der Waals surface area (Å²) < 4.78 is 38.0. The van der Waals surface area contributed by atoms with Gasteiger partial charge in [-0.3, -0.25) is 4.79 Å². The molecule has 0 aliphatic carbocycles. The molecule has 12 heteroatoms. The molecule has 2 heterocycles. The molecular formula is C16H16Cl2F3N5OS. The first kappa shape index (κ1) is 20.9. The Kier molecular flexibility index (Phi) is 6.21. The third-order valence-corrected chi connectivity index (χ3v) is 5.77. The second-order valence-corrected chi connectivity index (χ2v) is 7.99. The summed E-state index contributed by atoms with van der Waals surface area (Å²) in [5, 5.41) is 10.0. The highest BCUT2D eigenvalue weighted by Crippen LogP contribution is 2.34. The second kappa shape index (κ2) is 8.30. The average molecular weight is 454 g/mol. The van der Waals surface area contributed by atoms with Gasteiger partial charge < -0.3 is 15.1 Å². The van der Waals surface area contributed by atoms with Crippen LogP contribution in [0.4, 0.5) is 24.0 Å². The number of rotatable bonds is 4. The van der Waals surface area contributed by atoms with E-state index in [-0.39, 0.29) is 11.0 Å².